The van der Waals surface area contributed by atoms with Gasteiger partial charge in [0.1, 0.15) is 5.82 Å². The van der Waals surface area contributed by atoms with Crippen molar-refractivity contribution in [1.82, 2.24) is 5.32 Å². The van der Waals surface area contributed by atoms with Crippen LogP contribution in [0.2, 0.25) is 0 Å². The highest BCUT2D eigenvalue weighted by Gasteiger charge is 2.35. The highest BCUT2D eigenvalue weighted by atomic mass is 19.4. The van der Waals surface area contributed by atoms with Crippen LogP contribution in [-0.4, -0.2) is 12.1 Å². The van der Waals surface area contributed by atoms with Gasteiger partial charge in [-0.15, -0.1) is 0 Å². The average Bonchev–Trinajstić information content (AvgIpc) is 2.66. The first-order valence-electron chi connectivity index (χ1n) is 5.91. The zero-order chi connectivity index (χ0) is 13.4. The molecule has 1 aromatic rings. The number of nitrogens with one attached hydrogen (secondary N) is 1. The molecule has 0 bridgehead atoms. The molecule has 0 aromatic heterocycles. The first-order chi connectivity index (χ1) is 8.30. The second-order valence-corrected chi connectivity index (χ2v) is 5.08. The van der Waals surface area contributed by atoms with E-state index in [1.54, 1.807) is 0 Å². The minimum Gasteiger partial charge on any atom is -0.311 e. The van der Waals surface area contributed by atoms with Gasteiger partial charge in [-0.2, -0.15) is 13.2 Å². The van der Waals surface area contributed by atoms with E-state index in [0.717, 1.165) is 31.5 Å². The fourth-order valence-electron chi connectivity index (χ4n) is 2.46. The Morgan fingerprint density at radius 3 is 2.61 bits per heavy atom. The molecule has 18 heavy (non-hydrogen) atoms. The van der Waals surface area contributed by atoms with Crippen LogP contribution in [0, 0.1) is 5.82 Å². The lowest BCUT2D eigenvalue weighted by molar-refractivity contribution is -0.140. The molecule has 0 amide bonds. The van der Waals surface area contributed by atoms with Gasteiger partial charge in [0.05, 0.1) is 5.56 Å². The fourth-order valence-corrected chi connectivity index (χ4v) is 2.46. The Balaban J connectivity index is 2.25. The Kier molecular flexibility index (Phi) is 3.36. The zero-order valence-corrected chi connectivity index (χ0v) is 10.1. The molecule has 0 unspecified atom stereocenters. The number of hydrogen-bond donors (Lipinski definition) is 1. The van der Waals surface area contributed by atoms with Gasteiger partial charge in [-0.25, -0.2) is 4.39 Å². The van der Waals surface area contributed by atoms with Crippen molar-refractivity contribution in [2.45, 2.75) is 37.9 Å². The van der Waals surface area contributed by atoms with Gasteiger partial charge in [0.15, 0.2) is 0 Å². The maximum absolute atomic E-state index is 13.1. The number of halogens is 4. The Morgan fingerprint density at radius 2 is 2.06 bits per heavy atom. The van der Waals surface area contributed by atoms with E-state index in [1.165, 1.54) is 6.07 Å². The van der Waals surface area contributed by atoms with Crippen LogP contribution in [0.15, 0.2) is 18.2 Å². The van der Waals surface area contributed by atoms with Gasteiger partial charge >= 0.3 is 6.18 Å². The van der Waals surface area contributed by atoms with Crippen molar-refractivity contribution in [2.75, 3.05) is 6.54 Å². The number of hydrogen-bond acceptors (Lipinski definition) is 1. The van der Waals surface area contributed by atoms with Gasteiger partial charge in [0.25, 0.3) is 0 Å². The Hall–Kier alpha value is -1.10. The SMILES string of the molecule is C[C@@]1(Cc2ccc(F)c(C(F)(F)F)c2)CCCN1. The topological polar surface area (TPSA) is 12.0 Å². The van der Waals surface area contributed by atoms with E-state index < -0.39 is 17.6 Å². The Bertz CT molecular complexity index is 433. The predicted molar refractivity (Wildman–Crippen MR) is 60.7 cm³/mol. The third kappa shape index (κ3) is 2.83. The summed E-state index contributed by atoms with van der Waals surface area (Å²) >= 11 is 0. The quantitative estimate of drug-likeness (QED) is 0.803. The summed E-state index contributed by atoms with van der Waals surface area (Å²) in [4.78, 5) is 0. The summed E-state index contributed by atoms with van der Waals surface area (Å²) in [6, 6.07) is 3.24. The molecule has 100 valence electrons. The molecule has 1 fully saturated rings. The van der Waals surface area contributed by atoms with Gasteiger partial charge in [-0.05, 0) is 50.4 Å². The molecule has 1 heterocycles. The summed E-state index contributed by atoms with van der Waals surface area (Å²) in [5.74, 6) is -1.21. The van der Waals surface area contributed by atoms with Crippen molar-refractivity contribution < 1.29 is 17.6 Å². The number of benzene rings is 1. The minimum absolute atomic E-state index is 0.180. The number of alkyl halides is 3. The first kappa shape index (κ1) is 13.3. The van der Waals surface area contributed by atoms with Crippen LogP contribution in [-0.2, 0) is 12.6 Å². The molecule has 0 radical (unpaired) electrons. The molecule has 0 aliphatic carbocycles. The maximum atomic E-state index is 13.1. The van der Waals surface area contributed by atoms with Crippen LogP contribution in [0.5, 0.6) is 0 Å². The van der Waals surface area contributed by atoms with E-state index in [0.29, 0.717) is 12.0 Å². The van der Waals surface area contributed by atoms with Gasteiger partial charge in [0, 0.05) is 5.54 Å². The Labute approximate surface area is 103 Å². The Morgan fingerprint density at radius 1 is 1.33 bits per heavy atom. The van der Waals surface area contributed by atoms with E-state index in [1.807, 2.05) is 6.92 Å². The van der Waals surface area contributed by atoms with Crippen molar-refractivity contribution >= 4 is 0 Å². The number of rotatable bonds is 2. The lowest BCUT2D eigenvalue weighted by atomic mass is 9.90. The van der Waals surface area contributed by atoms with Gasteiger partial charge < -0.3 is 5.32 Å². The molecule has 0 spiro atoms. The van der Waals surface area contributed by atoms with Gasteiger partial charge in [-0.3, -0.25) is 0 Å². The second-order valence-electron chi connectivity index (χ2n) is 5.08. The van der Waals surface area contributed by atoms with Crippen LogP contribution in [0.1, 0.15) is 30.9 Å². The average molecular weight is 261 g/mol. The zero-order valence-electron chi connectivity index (χ0n) is 10.1. The summed E-state index contributed by atoms with van der Waals surface area (Å²) in [6.07, 6.45) is -2.21. The lowest BCUT2D eigenvalue weighted by Crippen LogP contribution is -2.38. The maximum Gasteiger partial charge on any atom is 0.419 e. The molecule has 0 saturated carbocycles. The van der Waals surface area contributed by atoms with Gasteiger partial charge in [0.2, 0.25) is 0 Å². The summed E-state index contributed by atoms with van der Waals surface area (Å²) in [5, 5.41) is 3.28. The van der Waals surface area contributed by atoms with Gasteiger partial charge in [-0.1, -0.05) is 6.07 Å². The van der Waals surface area contributed by atoms with Crippen LogP contribution >= 0.6 is 0 Å². The van der Waals surface area contributed by atoms with Crippen molar-refractivity contribution in [1.29, 1.82) is 0 Å². The highest BCUT2D eigenvalue weighted by molar-refractivity contribution is 5.28. The first-order valence-corrected chi connectivity index (χ1v) is 5.91. The normalized spacial score (nSPS) is 24.5. The fraction of sp³-hybridized carbons (Fsp3) is 0.538. The molecule has 1 aliphatic heterocycles. The minimum atomic E-state index is -4.63. The molecule has 1 saturated heterocycles. The summed E-state index contributed by atoms with van der Waals surface area (Å²) in [5.41, 5.74) is -0.844. The van der Waals surface area contributed by atoms with E-state index in [9.17, 15) is 17.6 Å². The second kappa shape index (κ2) is 4.53. The van der Waals surface area contributed by atoms with Crippen molar-refractivity contribution in [2.24, 2.45) is 0 Å². The van der Waals surface area contributed by atoms with Crippen LogP contribution in [0.4, 0.5) is 17.6 Å². The molecule has 5 heteroatoms. The summed E-state index contributed by atoms with van der Waals surface area (Å²) < 4.78 is 50.9. The van der Waals surface area contributed by atoms with E-state index in [4.69, 9.17) is 0 Å². The van der Waals surface area contributed by atoms with E-state index in [-0.39, 0.29) is 5.54 Å². The summed E-state index contributed by atoms with van der Waals surface area (Å²) in [7, 11) is 0. The van der Waals surface area contributed by atoms with Crippen LogP contribution in [0.3, 0.4) is 0 Å². The largest absolute Gasteiger partial charge is 0.419 e. The van der Waals surface area contributed by atoms with Crippen molar-refractivity contribution in [3.05, 3.63) is 35.1 Å². The molecule has 1 N–H and O–H groups in total. The van der Waals surface area contributed by atoms with E-state index >= 15 is 0 Å². The monoisotopic (exact) mass is 261 g/mol. The summed E-state index contributed by atoms with van der Waals surface area (Å²) in [6.45, 7) is 2.86. The molecular formula is C13H15F4N. The molecule has 1 atom stereocenters. The van der Waals surface area contributed by atoms with Crippen molar-refractivity contribution in [3.63, 3.8) is 0 Å². The molecular weight excluding hydrogens is 246 g/mol. The molecule has 1 nitrogen and oxygen atoms in total. The molecule has 1 aliphatic rings. The smallest absolute Gasteiger partial charge is 0.311 e. The predicted octanol–water partition coefficient (Wildman–Crippen LogP) is 3.53. The molecule has 2 rings (SSSR count). The standard InChI is InChI=1S/C13H15F4N/c1-12(5-2-6-18-12)8-9-3-4-11(14)10(7-9)13(15,16)17/h3-4,7,18H,2,5-6,8H2,1H3/t12-/m0/s1. The van der Waals surface area contributed by atoms with Crippen LogP contribution < -0.4 is 5.32 Å². The van der Waals surface area contributed by atoms with Crippen molar-refractivity contribution in [3.8, 4) is 0 Å². The molecule has 1 aromatic carbocycles. The third-order valence-corrected chi connectivity index (χ3v) is 3.39. The lowest BCUT2D eigenvalue weighted by Gasteiger charge is -2.24. The highest BCUT2D eigenvalue weighted by Crippen LogP contribution is 2.33. The van der Waals surface area contributed by atoms with Crippen LogP contribution in [0.25, 0.3) is 0 Å². The third-order valence-electron chi connectivity index (χ3n) is 3.39. The van der Waals surface area contributed by atoms with E-state index in [2.05, 4.69) is 5.32 Å².